The van der Waals surface area contributed by atoms with Gasteiger partial charge in [-0.05, 0) is 25.2 Å². The fourth-order valence-electron chi connectivity index (χ4n) is 3.68. The average molecular weight is 348 g/mol. The number of nitrogens with zero attached hydrogens (tertiary/aromatic N) is 2. The van der Waals surface area contributed by atoms with Gasteiger partial charge in [0.15, 0.2) is 5.82 Å². The molecule has 1 aromatic heterocycles. The maximum absolute atomic E-state index is 12.5. The molecule has 1 heterocycles. The minimum Gasteiger partial charge on any atom is -0.355 e. The van der Waals surface area contributed by atoms with Gasteiger partial charge >= 0.3 is 0 Å². The lowest BCUT2D eigenvalue weighted by Crippen LogP contribution is -2.47. The highest BCUT2D eigenvalue weighted by atomic mass is 16.5. The second-order valence-corrected chi connectivity index (χ2v) is 7.54. The molecule has 3 rings (SSSR count). The molecular formula is C18H28N4O3. The highest BCUT2D eigenvalue weighted by Crippen LogP contribution is 2.37. The second kappa shape index (κ2) is 7.54. The van der Waals surface area contributed by atoms with Crippen LogP contribution in [0.5, 0.6) is 0 Å². The molecule has 2 aliphatic carbocycles. The number of nitrogens with one attached hydrogen (secondary N) is 2. The van der Waals surface area contributed by atoms with E-state index in [2.05, 4.69) is 27.7 Å². The summed E-state index contributed by atoms with van der Waals surface area (Å²) in [7, 11) is 0. The third kappa shape index (κ3) is 4.38. The van der Waals surface area contributed by atoms with Crippen LogP contribution in [-0.2, 0) is 15.1 Å². The van der Waals surface area contributed by atoms with Crippen molar-refractivity contribution in [2.75, 3.05) is 6.54 Å². The number of rotatable bonds is 6. The van der Waals surface area contributed by atoms with Crippen molar-refractivity contribution in [3.8, 4) is 0 Å². The number of carbonyl (C=O) groups is 2. The highest BCUT2D eigenvalue weighted by Gasteiger charge is 2.40. The van der Waals surface area contributed by atoms with Gasteiger partial charge in [0.25, 0.3) is 0 Å². The Morgan fingerprint density at radius 3 is 2.48 bits per heavy atom. The lowest BCUT2D eigenvalue weighted by atomic mass is 9.89. The number of hydrogen-bond donors (Lipinski definition) is 2. The Morgan fingerprint density at radius 2 is 1.92 bits per heavy atom. The molecule has 2 amide bonds. The predicted octanol–water partition coefficient (Wildman–Crippen LogP) is 2.21. The standard InChI is InChI=1S/C18H28N4O3/c1-12-11-14(12)16(24)19-10-7-15(23)21-18(8-5-3-4-6-9-18)17-20-13(2)25-22-17/h12,14H,3-11H2,1-2H3,(H,19,24)(H,21,23). The molecule has 0 aliphatic heterocycles. The minimum absolute atomic E-state index is 0.0678. The SMILES string of the molecule is Cc1nc(C2(NC(=O)CCNC(=O)C3CC3C)CCCCCC2)no1. The van der Waals surface area contributed by atoms with Crippen molar-refractivity contribution < 1.29 is 14.1 Å². The van der Waals surface area contributed by atoms with E-state index in [1.807, 2.05) is 0 Å². The van der Waals surface area contributed by atoms with Crippen molar-refractivity contribution in [2.24, 2.45) is 11.8 Å². The van der Waals surface area contributed by atoms with Gasteiger partial charge in [0.2, 0.25) is 17.7 Å². The van der Waals surface area contributed by atoms with Crippen LogP contribution in [0.4, 0.5) is 0 Å². The molecule has 2 saturated carbocycles. The molecular weight excluding hydrogens is 320 g/mol. The van der Waals surface area contributed by atoms with Gasteiger partial charge in [-0.2, -0.15) is 4.98 Å². The van der Waals surface area contributed by atoms with Crippen molar-refractivity contribution in [1.29, 1.82) is 0 Å². The fraction of sp³-hybridized carbons (Fsp3) is 0.778. The molecule has 7 nitrogen and oxygen atoms in total. The molecule has 2 atom stereocenters. The van der Waals surface area contributed by atoms with Crippen LogP contribution < -0.4 is 10.6 Å². The summed E-state index contributed by atoms with van der Waals surface area (Å²) in [5.74, 6) is 1.70. The van der Waals surface area contributed by atoms with Gasteiger partial charge in [0.1, 0.15) is 5.54 Å². The van der Waals surface area contributed by atoms with Crippen molar-refractivity contribution in [3.63, 3.8) is 0 Å². The molecule has 0 saturated heterocycles. The van der Waals surface area contributed by atoms with Crippen LogP contribution in [-0.4, -0.2) is 28.5 Å². The van der Waals surface area contributed by atoms with E-state index in [0.717, 1.165) is 44.9 Å². The Hall–Kier alpha value is -1.92. The zero-order valence-corrected chi connectivity index (χ0v) is 15.1. The van der Waals surface area contributed by atoms with Crippen LogP contribution in [0.1, 0.15) is 70.0 Å². The van der Waals surface area contributed by atoms with Gasteiger partial charge in [-0.15, -0.1) is 0 Å². The van der Waals surface area contributed by atoms with Crippen molar-refractivity contribution in [2.45, 2.75) is 70.8 Å². The van der Waals surface area contributed by atoms with Crippen LogP contribution in [0.3, 0.4) is 0 Å². The van der Waals surface area contributed by atoms with Crippen LogP contribution in [0.15, 0.2) is 4.52 Å². The first kappa shape index (κ1) is 17.9. The Kier molecular flexibility index (Phi) is 5.39. The summed E-state index contributed by atoms with van der Waals surface area (Å²) in [6.07, 6.45) is 7.25. The first-order chi connectivity index (χ1) is 12.0. The summed E-state index contributed by atoms with van der Waals surface area (Å²) in [6.45, 7) is 4.20. The zero-order valence-electron chi connectivity index (χ0n) is 15.1. The molecule has 0 spiro atoms. The van der Waals surface area contributed by atoms with E-state index in [1.54, 1.807) is 6.92 Å². The van der Waals surface area contributed by atoms with Crippen LogP contribution >= 0.6 is 0 Å². The summed E-state index contributed by atoms with van der Waals surface area (Å²) in [6, 6.07) is 0. The van der Waals surface area contributed by atoms with Gasteiger partial charge in [-0.25, -0.2) is 0 Å². The Balaban J connectivity index is 1.57. The normalized spacial score (nSPS) is 25.0. The quantitative estimate of drug-likeness (QED) is 0.768. The second-order valence-electron chi connectivity index (χ2n) is 7.54. The van der Waals surface area contributed by atoms with Crippen molar-refractivity contribution >= 4 is 11.8 Å². The topological polar surface area (TPSA) is 97.1 Å². The molecule has 2 fully saturated rings. The maximum atomic E-state index is 12.5. The minimum atomic E-state index is -0.541. The van der Waals surface area contributed by atoms with E-state index in [4.69, 9.17) is 4.52 Å². The van der Waals surface area contributed by atoms with Gasteiger partial charge < -0.3 is 15.2 Å². The first-order valence-corrected chi connectivity index (χ1v) is 9.40. The number of aryl methyl sites for hydroxylation is 1. The molecule has 0 radical (unpaired) electrons. The van der Waals surface area contributed by atoms with Gasteiger partial charge in [0.05, 0.1) is 0 Å². The number of aromatic nitrogens is 2. The van der Waals surface area contributed by atoms with Crippen LogP contribution in [0.2, 0.25) is 0 Å². The summed E-state index contributed by atoms with van der Waals surface area (Å²) in [5.41, 5.74) is -0.541. The Labute approximate surface area is 148 Å². The molecule has 0 bridgehead atoms. The molecule has 1 aromatic rings. The van der Waals surface area contributed by atoms with E-state index in [1.165, 1.54) is 0 Å². The molecule has 25 heavy (non-hydrogen) atoms. The molecule has 2 aliphatic rings. The third-order valence-electron chi connectivity index (χ3n) is 5.39. The fourth-order valence-corrected chi connectivity index (χ4v) is 3.68. The van der Waals surface area contributed by atoms with Gasteiger partial charge in [-0.3, -0.25) is 9.59 Å². The third-order valence-corrected chi connectivity index (χ3v) is 5.39. The van der Waals surface area contributed by atoms with Crippen LogP contribution in [0, 0.1) is 18.8 Å². The van der Waals surface area contributed by atoms with Crippen LogP contribution in [0.25, 0.3) is 0 Å². The van der Waals surface area contributed by atoms with E-state index >= 15 is 0 Å². The van der Waals surface area contributed by atoms with Gasteiger partial charge in [0, 0.05) is 25.8 Å². The average Bonchev–Trinajstić information content (AvgIpc) is 3.22. The van der Waals surface area contributed by atoms with Crippen molar-refractivity contribution in [3.05, 3.63) is 11.7 Å². The lowest BCUT2D eigenvalue weighted by Gasteiger charge is -2.30. The summed E-state index contributed by atoms with van der Waals surface area (Å²) < 4.78 is 5.15. The summed E-state index contributed by atoms with van der Waals surface area (Å²) in [4.78, 5) is 28.7. The lowest BCUT2D eigenvalue weighted by molar-refractivity contribution is -0.124. The summed E-state index contributed by atoms with van der Waals surface area (Å²) >= 11 is 0. The van der Waals surface area contributed by atoms with Crippen molar-refractivity contribution in [1.82, 2.24) is 20.8 Å². The largest absolute Gasteiger partial charge is 0.355 e. The predicted molar refractivity (Wildman–Crippen MR) is 91.5 cm³/mol. The van der Waals surface area contributed by atoms with E-state index in [0.29, 0.717) is 24.2 Å². The zero-order chi connectivity index (χ0) is 17.9. The Morgan fingerprint density at radius 1 is 1.24 bits per heavy atom. The molecule has 138 valence electrons. The molecule has 0 aromatic carbocycles. The highest BCUT2D eigenvalue weighted by molar-refractivity contribution is 5.82. The molecule has 2 N–H and O–H groups in total. The Bertz CT molecular complexity index is 620. The first-order valence-electron chi connectivity index (χ1n) is 9.40. The number of hydrogen-bond acceptors (Lipinski definition) is 5. The number of carbonyl (C=O) groups excluding carboxylic acids is 2. The maximum Gasteiger partial charge on any atom is 0.223 e. The number of amides is 2. The smallest absolute Gasteiger partial charge is 0.223 e. The van der Waals surface area contributed by atoms with E-state index in [9.17, 15) is 9.59 Å². The molecule has 7 heteroatoms. The summed E-state index contributed by atoms with van der Waals surface area (Å²) in [5, 5.41) is 10.1. The van der Waals surface area contributed by atoms with E-state index < -0.39 is 5.54 Å². The monoisotopic (exact) mass is 348 g/mol. The molecule has 2 unspecified atom stereocenters. The van der Waals surface area contributed by atoms with E-state index in [-0.39, 0.29) is 24.2 Å². The van der Waals surface area contributed by atoms with Gasteiger partial charge in [-0.1, -0.05) is 37.8 Å².